The molecule has 1 N–H and O–H groups in total. The van der Waals surface area contributed by atoms with Crippen molar-refractivity contribution in [3.05, 3.63) is 63.3 Å². The van der Waals surface area contributed by atoms with E-state index in [9.17, 15) is 4.79 Å². The van der Waals surface area contributed by atoms with E-state index in [1.807, 2.05) is 54.1 Å². The minimum atomic E-state index is -0.177. The van der Waals surface area contributed by atoms with Gasteiger partial charge in [0.25, 0.3) is 5.56 Å². The number of tetrazole rings is 1. The van der Waals surface area contributed by atoms with Gasteiger partial charge in [-0.05, 0) is 40.9 Å². The standard InChI is InChI=1S/C20H16N6O2S3/c1-11(31-20-23-24-25-26(20)13-6-3-4-7-14(13)28-2)17-21-18(27)16-12(10-30-19(16)22-17)15-8-5-9-29-15/h3-11H,1-2H3,(H,21,22,27)/t11-/m0/s1. The molecule has 0 unspecified atom stereocenters. The highest BCUT2D eigenvalue weighted by Crippen LogP contribution is 2.37. The maximum atomic E-state index is 12.9. The number of benzene rings is 1. The van der Waals surface area contributed by atoms with Crippen LogP contribution in [-0.2, 0) is 0 Å². The van der Waals surface area contributed by atoms with E-state index in [0.717, 1.165) is 21.0 Å². The molecule has 0 aliphatic carbocycles. The zero-order valence-electron chi connectivity index (χ0n) is 16.5. The van der Waals surface area contributed by atoms with E-state index in [1.165, 1.54) is 23.1 Å². The van der Waals surface area contributed by atoms with Gasteiger partial charge in [0.15, 0.2) is 0 Å². The highest BCUT2D eigenvalue weighted by atomic mass is 32.2. The molecule has 1 aromatic carbocycles. The number of nitrogens with zero attached hydrogens (tertiary/aromatic N) is 5. The zero-order valence-corrected chi connectivity index (χ0v) is 18.9. The number of aromatic amines is 1. The van der Waals surface area contributed by atoms with Gasteiger partial charge < -0.3 is 9.72 Å². The molecule has 0 fully saturated rings. The van der Waals surface area contributed by atoms with Gasteiger partial charge in [-0.3, -0.25) is 4.79 Å². The monoisotopic (exact) mass is 468 g/mol. The third-order valence-electron chi connectivity index (χ3n) is 4.67. The van der Waals surface area contributed by atoms with E-state index in [2.05, 4.69) is 20.5 Å². The molecule has 0 aliphatic heterocycles. The highest BCUT2D eigenvalue weighted by molar-refractivity contribution is 7.99. The first-order chi connectivity index (χ1) is 15.2. The Morgan fingerprint density at radius 3 is 2.87 bits per heavy atom. The lowest BCUT2D eigenvalue weighted by Gasteiger charge is -2.12. The van der Waals surface area contributed by atoms with Crippen molar-refractivity contribution in [1.29, 1.82) is 0 Å². The van der Waals surface area contributed by atoms with Crippen LogP contribution in [0.3, 0.4) is 0 Å². The molecule has 0 spiro atoms. The molecule has 0 saturated carbocycles. The first-order valence-corrected chi connectivity index (χ1v) is 11.9. The molecule has 0 radical (unpaired) electrons. The van der Waals surface area contributed by atoms with Gasteiger partial charge >= 0.3 is 0 Å². The molecule has 0 amide bonds. The summed E-state index contributed by atoms with van der Waals surface area (Å²) in [5.74, 6) is 1.24. The fourth-order valence-electron chi connectivity index (χ4n) is 3.19. The maximum absolute atomic E-state index is 12.9. The number of para-hydroxylation sites is 2. The topological polar surface area (TPSA) is 98.6 Å². The first-order valence-electron chi connectivity index (χ1n) is 9.29. The molecular formula is C20H16N6O2S3. The number of fused-ring (bicyclic) bond motifs is 1. The number of hydrogen-bond donors (Lipinski definition) is 1. The van der Waals surface area contributed by atoms with E-state index in [-0.39, 0.29) is 10.8 Å². The lowest BCUT2D eigenvalue weighted by Crippen LogP contribution is -2.12. The average Bonchev–Trinajstić information content (AvgIpc) is 3.54. The van der Waals surface area contributed by atoms with Crippen molar-refractivity contribution in [3.63, 3.8) is 0 Å². The summed E-state index contributed by atoms with van der Waals surface area (Å²) in [6.45, 7) is 1.96. The van der Waals surface area contributed by atoms with Crippen LogP contribution in [0.2, 0.25) is 0 Å². The molecule has 1 atom stereocenters. The quantitative estimate of drug-likeness (QED) is 0.365. The van der Waals surface area contributed by atoms with E-state index in [4.69, 9.17) is 9.72 Å². The molecule has 4 aromatic heterocycles. The lowest BCUT2D eigenvalue weighted by atomic mass is 10.2. The van der Waals surface area contributed by atoms with E-state index >= 15 is 0 Å². The molecular weight excluding hydrogens is 452 g/mol. The second-order valence-electron chi connectivity index (χ2n) is 6.56. The van der Waals surface area contributed by atoms with Gasteiger partial charge in [-0.15, -0.1) is 27.8 Å². The number of hydrogen-bond acceptors (Lipinski definition) is 9. The normalized spacial score (nSPS) is 12.3. The van der Waals surface area contributed by atoms with Gasteiger partial charge in [0.2, 0.25) is 5.16 Å². The Labute approximate surface area is 188 Å². The third-order valence-corrected chi connectivity index (χ3v) is 7.49. The zero-order chi connectivity index (χ0) is 21.4. The first kappa shape index (κ1) is 19.9. The molecule has 0 aliphatic rings. The van der Waals surface area contributed by atoms with Crippen LogP contribution in [0.5, 0.6) is 5.75 Å². The van der Waals surface area contributed by atoms with Gasteiger partial charge in [-0.25, -0.2) is 4.98 Å². The second-order valence-corrected chi connectivity index (χ2v) is 9.68. The van der Waals surface area contributed by atoms with Crippen molar-refractivity contribution in [2.24, 2.45) is 0 Å². The largest absolute Gasteiger partial charge is 0.494 e. The Hall–Kier alpha value is -3.02. The highest BCUT2D eigenvalue weighted by Gasteiger charge is 2.20. The number of nitrogens with one attached hydrogen (secondary N) is 1. The number of methoxy groups -OCH3 is 1. The maximum Gasteiger partial charge on any atom is 0.260 e. The summed E-state index contributed by atoms with van der Waals surface area (Å²) in [5, 5.41) is 17.1. The van der Waals surface area contributed by atoms with Crippen LogP contribution in [-0.4, -0.2) is 37.3 Å². The number of H-pyrrole nitrogens is 1. The van der Waals surface area contributed by atoms with E-state index in [1.54, 1.807) is 23.1 Å². The predicted molar refractivity (Wildman–Crippen MR) is 124 cm³/mol. The molecule has 0 bridgehead atoms. The number of aromatic nitrogens is 6. The number of rotatable bonds is 6. The van der Waals surface area contributed by atoms with Crippen LogP contribution < -0.4 is 10.3 Å². The summed E-state index contributed by atoms with van der Waals surface area (Å²) in [5.41, 5.74) is 1.53. The summed E-state index contributed by atoms with van der Waals surface area (Å²) in [7, 11) is 1.61. The fourth-order valence-corrected chi connectivity index (χ4v) is 5.82. The van der Waals surface area contributed by atoms with Crippen molar-refractivity contribution in [1.82, 2.24) is 30.2 Å². The van der Waals surface area contributed by atoms with Crippen LogP contribution >= 0.6 is 34.4 Å². The van der Waals surface area contributed by atoms with Crippen molar-refractivity contribution in [3.8, 4) is 21.9 Å². The van der Waals surface area contributed by atoms with Crippen LogP contribution in [0.4, 0.5) is 0 Å². The van der Waals surface area contributed by atoms with Crippen molar-refractivity contribution in [2.45, 2.75) is 17.3 Å². The Kier molecular flexibility index (Phi) is 5.30. The SMILES string of the molecule is COc1ccccc1-n1nnnc1S[C@@H](C)c1nc2scc(-c3cccs3)c2c(=O)[nH]1. The Morgan fingerprint density at radius 2 is 2.06 bits per heavy atom. The molecule has 5 aromatic rings. The van der Waals surface area contributed by atoms with E-state index in [0.29, 0.717) is 22.1 Å². The van der Waals surface area contributed by atoms with E-state index < -0.39 is 0 Å². The molecule has 8 nitrogen and oxygen atoms in total. The minimum Gasteiger partial charge on any atom is -0.494 e. The molecule has 156 valence electrons. The number of thiophene rings is 2. The van der Waals surface area contributed by atoms with Crippen LogP contribution in [0.25, 0.3) is 26.3 Å². The summed E-state index contributed by atoms with van der Waals surface area (Å²) < 4.78 is 7.05. The van der Waals surface area contributed by atoms with Crippen molar-refractivity contribution >= 4 is 44.7 Å². The second kappa shape index (κ2) is 8.25. The van der Waals surface area contributed by atoms with Crippen LogP contribution in [0.1, 0.15) is 18.0 Å². The number of ether oxygens (including phenoxy) is 1. The molecule has 11 heteroatoms. The smallest absolute Gasteiger partial charge is 0.260 e. The fraction of sp³-hybridized carbons (Fsp3) is 0.150. The lowest BCUT2D eigenvalue weighted by molar-refractivity contribution is 0.410. The van der Waals surface area contributed by atoms with Gasteiger partial charge in [-0.1, -0.05) is 30.0 Å². The van der Waals surface area contributed by atoms with Gasteiger partial charge in [0, 0.05) is 15.8 Å². The summed E-state index contributed by atoms with van der Waals surface area (Å²) in [4.78, 5) is 22.4. The Morgan fingerprint density at radius 1 is 1.19 bits per heavy atom. The Bertz CT molecular complexity index is 1410. The molecule has 4 heterocycles. The molecule has 0 saturated heterocycles. The molecule has 31 heavy (non-hydrogen) atoms. The Balaban J connectivity index is 1.48. The van der Waals surface area contributed by atoms with Crippen molar-refractivity contribution < 1.29 is 4.74 Å². The van der Waals surface area contributed by atoms with Crippen molar-refractivity contribution in [2.75, 3.05) is 7.11 Å². The number of thioether (sulfide) groups is 1. The summed E-state index contributed by atoms with van der Waals surface area (Å²) >= 11 is 4.49. The molecule has 5 rings (SSSR count). The van der Waals surface area contributed by atoms with Gasteiger partial charge in [0.05, 0.1) is 17.7 Å². The van der Waals surface area contributed by atoms with Gasteiger partial charge in [0.1, 0.15) is 22.1 Å². The summed E-state index contributed by atoms with van der Waals surface area (Å²) in [6, 6.07) is 11.5. The van der Waals surface area contributed by atoms with Crippen LogP contribution in [0, 0.1) is 0 Å². The minimum absolute atomic E-state index is 0.138. The van der Waals surface area contributed by atoms with Gasteiger partial charge in [-0.2, -0.15) is 4.68 Å². The summed E-state index contributed by atoms with van der Waals surface area (Å²) in [6.07, 6.45) is 0. The predicted octanol–water partition coefficient (Wildman–Crippen LogP) is 4.55. The van der Waals surface area contributed by atoms with Crippen LogP contribution in [0.15, 0.2) is 57.1 Å². The average molecular weight is 469 g/mol. The third kappa shape index (κ3) is 3.64.